The zero-order valence-electron chi connectivity index (χ0n) is 11.3. The van der Waals surface area contributed by atoms with Crippen molar-refractivity contribution in [2.75, 3.05) is 13.7 Å². The second kappa shape index (κ2) is 6.29. The summed E-state index contributed by atoms with van der Waals surface area (Å²) in [5.74, 6) is -1.36. The molecule has 1 heterocycles. The maximum Gasteiger partial charge on any atom is 0.354 e. The number of carbonyl (C=O) groups excluding carboxylic acids is 1. The minimum atomic E-state index is -1.06. The molecule has 1 rings (SSSR count). The van der Waals surface area contributed by atoms with Gasteiger partial charge in [0, 0.05) is 13.1 Å². The molecule has 6 nitrogen and oxygen atoms in total. The molecule has 1 aromatic rings. The van der Waals surface area contributed by atoms with Gasteiger partial charge in [-0.1, -0.05) is 6.07 Å². The Morgan fingerprint density at radius 2 is 2.11 bits per heavy atom. The number of nitrogens with one attached hydrogen (secondary N) is 1. The average Bonchev–Trinajstić information content (AvgIpc) is 2.37. The van der Waals surface area contributed by atoms with Gasteiger partial charge < -0.3 is 15.2 Å². The summed E-state index contributed by atoms with van der Waals surface area (Å²) in [5.41, 5.74) is -0.0220. The van der Waals surface area contributed by atoms with Gasteiger partial charge >= 0.3 is 11.9 Å². The Morgan fingerprint density at radius 3 is 2.68 bits per heavy atom. The van der Waals surface area contributed by atoms with E-state index in [4.69, 9.17) is 9.84 Å². The predicted molar refractivity (Wildman–Crippen MR) is 68.7 cm³/mol. The molecule has 0 amide bonds. The van der Waals surface area contributed by atoms with Crippen molar-refractivity contribution in [2.24, 2.45) is 5.41 Å². The van der Waals surface area contributed by atoms with Crippen molar-refractivity contribution in [1.29, 1.82) is 0 Å². The third-order valence-electron chi connectivity index (χ3n) is 2.64. The molecule has 104 valence electrons. The van der Waals surface area contributed by atoms with Crippen LogP contribution in [-0.4, -0.2) is 35.7 Å². The van der Waals surface area contributed by atoms with Crippen LogP contribution < -0.4 is 5.32 Å². The quantitative estimate of drug-likeness (QED) is 0.749. The lowest BCUT2D eigenvalue weighted by atomic mass is 9.94. The van der Waals surface area contributed by atoms with Crippen LogP contribution in [0.15, 0.2) is 18.2 Å². The van der Waals surface area contributed by atoms with E-state index < -0.39 is 11.4 Å². The fraction of sp³-hybridized carbons (Fsp3) is 0.462. The first-order valence-electron chi connectivity index (χ1n) is 5.85. The zero-order valence-corrected chi connectivity index (χ0v) is 11.3. The number of aromatic nitrogens is 1. The number of aromatic carboxylic acids is 1. The number of hydrogen-bond acceptors (Lipinski definition) is 5. The molecule has 0 spiro atoms. The molecule has 2 N–H and O–H groups in total. The molecular formula is C13H18N2O4. The Morgan fingerprint density at radius 1 is 1.42 bits per heavy atom. The molecule has 1 aromatic heterocycles. The van der Waals surface area contributed by atoms with Crippen molar-refractivity contribution in [3.63, 3.8) is 0 Å². The summed E-state index contributed by atoms with van der Waals surface area (Å²) >= 11 is 0. The largest absolute Gasteiger partial charge is 0.477 e. The highest BCUT2D eigenvalue weighted by Crippen LogP contribution is 2.15. The van der Waals surface area contributed by atoms with Gasteiger partial charge in [0.25, 0.3) is 0 Å². The van der Waals surface area contributed by atoms with Crippen LogP contribution in [0.1, 0.15) is 30.0 Å². The predicted octanol–water partition coefficient (Wildman–Crippen LogP) is 1.07. The number of esters is 1. The summed E-state index contributed by atoms with van der Waals surface area (Å²) in [5, 5.41) is 11.9. The molecule has 0 aliphatic rings. The second-order valence-electron chi connectivity index (χ2n) is 4.80. The van der Waals surface area contributed by atoms with Gasteiger partial charge in [-0.25, -0.2) is 9.78 Å². The summed E-state index contributed by atoms with van der Waals surface area (Å²) in [4.78, 5) is 26.2. The molecule has 0 fully saturated rings. The number of carboxylic acid groups (broad SMARTS) is 1. The molecular weight excluding hydrogens is 248 g/mol. The van der Waals surface area contributed by atoms with E-state index in [1.165, 1.54) is 13.2 Å². The lowest BCUT2D eigenvalue weighted by Gasteiger charge is -2.21. The number of carboxylic acids is 1. The maximum absolute atomic E-state index is 11.5. The Bertz CT molecular complexity index is 471. The van der Waals surface area contributed by atoms with Crippen LogP contribution >= 0.6 is 0 Å². The van der Waals surface area contributed by atoms with Crippen LogP contribution in [0, 0.1) is 5.41 Å². The first kappa shape index (κ1) is 15.1. The molecule has 0 atom stereocenters. The Labute approximate surface area is 111 Å². The summed E-state index contributed by atoms with van der Waals surface area (Å²) in [6, 6.07) is 4.80. The number of nitrogens with zero attached hydrogens (tertiary/aromatic N) is 1. The SMILES string of the molecule is COC(=O)C(C)(C)CNCc1cccc(C(=O)O)n1. The van der Waals surface area contributed by atoms with Gasteiger partial charge in [-0.2, -0.15) is 0 Å². The van der Waals surface area contributed by atoms with E-state index in [0.717, 1.165) is 0 Å². The summed E-state index contributed by atoms with van der Waals surface area (Å²) in [6.07, 6.45) is 0. The van der Waals surface area contributed by atoms with Gasteiger partial charge in [-0.15, -0.1) is 0 Å². The van der Waals surface area contributed by atoms with Gasteiger partial charge in [0.1, 0.15) is 5.69 Å². The molecule has 6 heteroatoms. The molecule has 0 aliphatic carbocycles. The van der Waals surface area contributed by atoms with Gasteiger partial charge in [0.05, 0.1) is 18.2 Å². The van der Waals surface area contributed by atoms with Crippen LogP contribution in [0.5, 0.6) is 0 Å². The van der Waals surface area contributed by atoms with Gasteiger partial charge in [0.15, 0.2) is 0 Å². The van der Waals surface area contributed by atoms with Crippen molar-refractivity contribution < 1.29 is 19.4 Å². The first-order chi connectivity index (χ1) is 8.86. The molecule has 0 bridgehead atoms. The highest BCUT2D eigenvalue weighted by atomic mass is 16.5. The number of hydrogen-bond donors (Lipinski definition) is 2. The van der Waals surface area contributed by atoms with Gasteiger partial charge in [-0.05, 0) is 26.0 Å². The van der Waals surface area contributed by atoms with E-state index >= 15 is 0 Å². The van der Waals surface area contributed by atoms with Crippen LogP contribution in [-0.2, 0) is 16.1 Å². The number of rotatable bonds is 6. The lowest BCUT2D eigenvalue weighted by molar-refractivity contribution is -0.150. The van der Waals surface area contributed by atoms with Crippen LogP contribution in [0.2, 0.25) is 0 Å². The summed E-state index contributed by atoms with van der Waals surface area (Å²) in [6.45, 7) is 4.35. The highest BCUT2D eigenvalue weighted by Gasteiger charge is 2.28. The smallest absolute Gasteiger partial charge is 0.354 e. The third kappa shape index (κ3) is 4.33. The zero-order chi connectivity index (χ0) is 14.5. The normalized spacial score (nSPS) is 11.1. The van der Waals surface area contributed by atoms with E-state index in [-0.39, 0.29) is 11.7 Å². The molecule has 0 saturated heterocycles. The Hall–Kier alpha value is -1.95. The van der Waals surface area contributed by atoms with Gasteiger partial charge in [0.2, 0.25) is 0 Å². The molecule has 0 aliphatic heterocycles. The van der Waals surface area contributed by atoms with E-state index in [1.54, 1.807) is 26.0 Å². The van der Waals surface area contributed by atoms with Crippen LogP contribution in [0.4, 0.5) is 0 Å². The minimum absolute atomic E-state index is 0.00604. The second-order valence-corrected chi connectivity index (χ2v) is 4.80. The van der Waals surface area contributed by atoms with Crippen LogP contribution in [0.25, 0.3) is 0 Å². The molecule has 0 radical (unpaired) electrons. The topological polar surface area (TPSA) is 88.5 Å². The maximum atomic E-state index is 11.5. The van der Waals surface area contributed by atoms with Crippen molar-refractivity contribution in [2.45, 2.75) is 20.4 Å². The third-order valence-corrected chi connectivity index (χ3v) is 2.64. The molecule has 0 saturated carbocycles. The fourth-order valence-corrected chi connectivity index (χ4v) is 1.55. The summed E-state index contributed by atoms with van der Waals surface area (Å²) in [7, 11) is 1.35. The van der Waals surface area contributed by atoms with E-state index in [0.29, 0.717) is 18.8 Å². The number of methoxy groups -OCH3 is 1. The lowest BCUT2D eigenvalue weighted by Crippen LogP contribution is -2.36. The van der Waals surface area contributed by atoms with Crippen molar-refractivity contribution in [3.05, 3.63) is 29.6 Å². The number of ether oxygens (including phenoxy) is 1. The fourth-order valence-electron chi connectivity index (χ4n) is 1.55. The molecule has 0 unspecified atom stereocenters. The van der Waals surface area contributed by atoms with E-state index in [1.807, 2.05) is 0 Å². The molecule has 0 aromatic carbocycles. The number of pyridine rings is 1. The number of carbonyl (C=O) groups is 2. The van der Waals surface area contributed by atoms with Crippen molar-refractivity contribution in [1.82, 2.24) is 10.3 Å². The Balaban J connectivity index is 2.56. The van der Waals surface area contributed by atoms with Crippen molar-refractivity contribution >= 4 is 11.9 Å². The monoisotopic (exact) mass is 266 g/mol. The van der Waals surface area contributed by atoms with Gasteiger partial charge in [-0.3, -0.25) is 4.79 Å². The Kier molecular flexibility index (Phi) is 5.00. The summed E-state index contributed by atoms with van der Waals surface area (Å²) < 4.78 is 4.70. The molecule has 19 heavy (non-hydrogen) atoms. The van der Waals surface area contributed by atoms with Crippen molar-refractivity contribution in [3.8, 4) is 0 Å². The van der Waals surface area contributed by atoms with Crippen LogP contribution in [0.3, 0.4) is 0 Å². The standard InChI is InChI=1S/C13H18N2O4/c1-13(2,12(18)19-3)8-14-7-9-5-4-6-10(15-9)11(16)17/h4-6,14H,7-8H2,1-3H3,(H,16,17). The average molecular weight is 266 g/mol. The first-order valence-corrected chi connectivity index (χ1v) is 5.85. The van der Waals surface area contributed by atoms with E-state index in [2.05, 4.69) is 10.3 Å². The minimum Gasteiger partial charge on any atom is -0.477 e. The highest BCUT2D eigenvalue weighted by molar-refractivity contribution is 5.85. The van der Waals surface area contributed by atoms with E-state index in [9.17, 15) is 9.59 Å².